The number of rotatable bonds is 9. The SMILES string of the molecule is Nc1ccc(N=Nc2ccc(N=Nc3c(S(=O)(=O)O)cc4cc(S(=O)(=O)O)c(N=Nc5ccc(S(=O)(=O)O)cc5)c(O)c4c3N)cc2)c(N)c1.[Na].[Na].[Na]. The molecular weight excluding hydrogens is 788 g/mol. The normalized spacial score (nSPS) is 12.1. The largest absolute Gasteiger partial charge is 0.505 e. The van der Waals surface area contributed by atoms with Gasteiger partial charge in [0, 0.05) is 94.4 Å². The predicted octanol–water partition coefficient (Wildman–Crippen LogP) is 5.14. The second-order valence-corrected chi connectivity index (χ2v) is 14.4. The van der Waals surface area contributed by atoms with Crippen LogP contribution in [0.2, 0.25) is 0 Å². The van der Waals surface area contributed by atoms with E-state index in [9.17, 15) is 39.5 Å². The zero-order valence-electron chi connectivity index (χ0n) is 27.9. The molecule has 0 saturated carbocycles. The third-order valence-electron chi connectivity index (χ3n) is 6.71. The summed E-state index contributed by atoms with van der Waals surface area (Å²) in [5.74, 6) is -0.999. The van der Waals surface area contributed by atoms with Crippen molar-refractivity contribution in [3.63, 3.8) is 0 Å². The van der Waals surface area contributed by atoms with E-state index in [2.05, 4.69) is 30.7 Å². The van der Waals surface area contributed by atoms with Gasteiger partial charge in [-0.1, -0.05) is 0 Å². The number of nitrogens with two attached hydrogens (primary N) is 3. The Morgan fingerprint density at radius 1 is 0.509 bits per heavy atom. The van der Waals surface area contributed by atoms with Gasteiger partial charge in [0.15, 0.2) is 5.75 Å². The maximum atomic E-state index is 12.4. The number of benzene rings is 5. The molecule has 0 saturated heterocycles. The van der Waals surface area contributed by atoms with Crippen molar-refractivity contribution in [3.05, 3.63) is 78.9 Å². The third kappa shape index (κ3) is 11.1. The smallest absolute Gasteiger partial charge is 0.296 e. The van der Waals surface area contributed by atoms with E-state index in [0.717, 1.165) is 36.4 Å². The maximum absolute atomic E-state index is 12.4. The summed E-state index contributed by atoms with van der Waals surface area (Å²) in [5, 5.41) is 33.8. The average Bonchev–Trinajstić information content (AvgIpc) is 3.02. The van der Waals surface area contributed by atoms with Crippen molar-refractivity contribution < 1.29 is 44.0 Å². The van der Waals surface area contributed by atoms with Gasteiger partial charge < -0.3 is 22.3 Å². The number of nitrogen functional groups attached to an aromatic ring is 3. The summed E-state index contributed by atoms with van der Waals surface area (Å²) in [7, 11) is -14.8. The zero-order chi connectivity index (χ0) is 36.6. The first kappa shape index (κ1) is 46.2. The van der Waals surface area contributed by atoms with Crippen LogP contribution in [0, 0.1) is 0 Å². The van der Waals surface area contributed by atoms with Crippen LogP contribution in [-0.4, -0.2) is 133 Å². The first-order valence-electron chi connectivity index (χ1n) is 13.5. The second kappa shape index (κ2) is 18.1. The van der Waals surface area contributed by atoms with Gasteiger partial charge in [-0.25, -0.2) is 0 Å². The summed E-state index contributed by atoms with van der Waals surface area (Å²) in [6.07, 6.45) is 0. The van der Waals surface area contributed by atoms with E-state index in [1.54, 1.807) is 12.1 Å². The first-order chi connectivity index (χ1) is 23.3. The van der Waals surface area contributed by atoms with Gasteiger partial charge in [-0.3, -0.25) is 13.7 Å². The number of nitrogens with zero attached hydrogens (tertiary/aromatic N) is 6. The number of azo groups is 3. The molecule has 0 atom stereocenters. The van der Waals surface area contributed by atoms with Gasteiger partial charge in [-0.05, 0) is 84.2 Å². The molecule has 0 unspecified atom stereocenters. The molecule has 3 radical (unpaired) electrons. The molecule has 0 aliphatic heterocycles. The van der Waals surface area contributed by atoms with Crippen molar-refractivity contribution in [2.75, 3.05) is 17.2 Å². The molecule has 53 heavy (non-hydrogen) atoms. The summed E-state index contributed by atoms with van der Waals surface area (Å²) in [6, 6.07) is 16.1. The molecule has 5 rings (SSSR count). The molecule has 0 aromatic heterocycles. The fourth-order valence-corrected chi connectivity index (χ4v) is 6.17. The van der Waals surface area contributed by atoms with Gasteiger partial charge in [0.25, 0.3) is 30.4 Å². The topological polar surface area (TPSA) is 336 Å². The molecule has 10 N–H and O–H groups in total. The van der Waals surface area contributed by atoms with Crippen LogP contribution in [0.5, 0.6) is 5.75 Å². The number of phenols is 1. The fraction of sp³-hybridized carbons (Fsp3) is 0. The number of fused-ring (bicyclic) bond motifs is 1. The number of hydrogen-bond acceptors (Lipinski definition) is 16. The minimum Gasteiger partial charge on any atom is -0.505 e. The Hall–Kier alpha value is -2.91. The van der Waals surface area contributed by atoms with Gasteiger partial charge in [-0.15, -0.1) is 15.3 Å². The minimum atomic E-state index is -5.17. The Labute approximate surface area is 368 Å². The van der Waals surface area contributed by atoms with Crippen LogP contribution in [0.3, 0.4) is 0 Å². The molecule has 0 aliphatic rings. The van der Waals surface area contributed by atoms with Crippen LogP contribution in [0.25, 0.3) is 10.8 Å². The van der Waals surface area contributed by atoms with Gasteiger partial charge in [0.2, 0.25) is 0 Å². The molecule has 0 bridgehead atoms. The van der Waals surface area contributed by atoms with E-state index in [0.29, 0.717) is 22.7 Å². The van der Waals surface area contributed by atoms with Crippen molar-refractivity contribution in [2.24, 2.45) is 30.7 Å². The van der Waals surface area contributed by atoms with Gasteiger partial charge >= 0.3 is 0 Å². The Morgan fingerprint density at radius 2 is 0.943 bits per heavy atom. The van der Waals surface area contributed by atoms with Crippen LogP contribution < -0.4 is 17.2 Å². The molecule has 25 heteroatoms. The molecule has 0 amide bonds. The van der Waals surface area contributed by atoms with E-state index in [1.165, 1.54) is 30.3 Å². The van der Waals surface area contributed by atoms with Gasteiger partial charge in [0.05, 0.1) is 38.7 Å². The van der Waals surface area contributed by atoms with E-state index >= 15 is 0 Å². The van der Waals surface area contributed by atoms with Crippen molar-refractivity contribution in [1.29, 1.82) is 0 Å². The molecule has 261 valence electrons. The van der Waals surface area contributed by atoms with Crippen molar-refractivity contribution in [3.8, 4) is 5.75 Å². The molecule has 19 nitrogen and oxygen atoms in total. The van der Waals surface area contributed by atoms with Crippen LogP contribution in [0.15, 0.2) is 124 Å². The van der Waals surface area contributed by atoms with Crippen molar-refractivity contribution >= 4 is 181 Å². The fourth-order valence-electron chi connectivity index (χ4n) is 4.37. The Balaban J connectivity index is 0.00000324. The van der Waals surface area contributed by atoms with E-state index in [-0.39, 0.29) is 105 Å². The third-order valence-corrected chi connectivity index (χ3v) is 9.31. The zero-order valence-corrected chi connectivity index (χ0v) is 36.3. The first-order valence-corrected chi connectivity index (χ1v) is 17.8. The molecule has 0 spiro atoms. The summed E-state index contributed by atoms with van der Waals surface area (Å²) < 4.78 is 101. The molecular formula is C28H23N9Na3O10S3. The summed E-state index contributed by atoms with van der Waals surface area (Å²) in [6.45, 7) is 0. The number of aromatic hydroxyl groups is 1. The molecule has 5 aromatic rings. The summed E-state index contributed by atoms with van der Waals surface area (Å²) in [4.78, 5) is -2.44. The molecule has 0 aliphatic carbocycles. The number of anilines is 3. The Bertz CT molecular complexity index is 2610. The summed E-state index contributed by atoms with van der Waals surface area (Å²) >= 11 is 0. The van der Waals surface area contributed by atoms with Crippen LogP contribution in [0.4, 0.5) is 51.2 Å². The van der Waals surface area contributed by atoms with E-state index in [1.807, 2.05) is 0 Å². The van der Waals surface area contributed by atoms with Crippen molar-refractivity contribution in [1.82, 2.24) is 0 Å². The quantitative estimate of drug-likeness (QED) is 0.0439. The van der Waals surface area contributed by atoms with Crippen LogP contribution in [-0.2, 0) is 30.4 Å². The molecule has 5 aromatic carbocycles. The predicted molar refractivity (Wildman–Crippen MR) is 197 cm³/mol. The van der Waals surface area contributed by atoms with E-state index in [4.69, 9.17) is 21.8 Å². The maximum Gasteiger partial charge on any atom is 0.296 e. The van der Waals surface area contributed by atoms with E-state index < -0.39 is 73.2 Å². The number of phenolic OH excluding ortho intramolecular Hbond substituents is 1. The summed E-state index contributed by atoms with van der Waals surface area (Å²) in [5.41, 5.74) is 17.2. The number of hydrogen-bond donors (Lipinski definition) is 7. The second-order valence-electron chi connectivity index (χ2n) is 10.2. The van der Waals surface area contributed by atoms with Gasteiger partial charge in [-0.2, -0.15) is 40.6 Å². The average molecular weight is 811 g/mol. The van der Waals surface area contributed by atoms with Crippen molar-refractivity contribution in [2.45, 2.75) is 14.7 Å². The molecule has 0 fully saturated rings. The molecule has 0 heterocycles. The van der Waals surface area contributed by atoms with Gasteiger partial charge in [0.1, 0.15) is 26.9 Å². The Morgan fingerprint density at radius 3 is 1.40 bits per heavy atom. The minimum absolute atomic E-state index is 0. The van der Waals surface area contributed by atoms with Crippen LogP contribution >= 0.6 is 0 Å². The monoisotopic (exact) mass is 810 g/mol. The van der Waals surface area contributed by atoms with Crippen LogP contribution in [0.1, 0.15) is 0 Å². The standard InChI is InChI=1S/C28H23N9O10S3.3Na/c29-15-1-10-21(20(30)13-15)35-32-16-2-4-17(5-3-16)33-36-26-22(49(42,43)44)11-14-12-23(50(45,46)47)27(28(38)24(14)25(26)31)37-34-18-6-8-19(9-7-18)48(39,40)41;;;/h1-13,38H,29-31H2,(H,39,40,41)(H,42,43,44)(H,45,46,47);;;. The Kier molecular flexibility index (Phi) is 15.8.